The molecule has 0 spiro atoms. The molecule has 2 heterocycles. The maximum atomic E-state index is 12.4. The minimum absolute atomic E-state index is 0.137. The van der Waals surface area contributed by atoms with Crippen LogP contribution in [0.3, 0.4) is 0 Å². The second-order valence-electron chi connectivity index (χ2n) is 6.60. The number of nitrogens with one attached hydrogen (secondary N) is 1. The average molecular weight is 304 g/mol. The summed E-state index contributed by atoms with van der Waals surface area (Å²) >= 11 is 0. The Morgan fingerprint density at radius 1 is 1.41 bits per heavy atom. The van der Waals surface area contributed by atoms with Crippen molar-refractivity contribution in [3.05, 3.63) is 30.1 Å². The molecule has 1 aromatic heterocycles. The lowest BCUT2D eigenvalue weighted by Crippen LogP contribution is -2.38. The van der Waals surface area contributed by atoms with Crippen LogP contribution in [0.1, 0.15) is 31.9 Å². The van der Waals surface area contributed by atoms with E-state index in [-0.39, 0.29) is 18.1 Å². The second-order valence-corrected chi connectivity index (χ2v) is 6.60. The summed E-state index contributed by atoms with van der Waals surface area (Å²) in [6, 6.07) is 3.62. The maximum Gasteiger partial charge on any atom is 0.307 e. The van der Waals surface area contributed by atoms with Crippen LogP contribution < -0.4 is 5.32 Å². The van der Waals surface area contributed by atoms with Gasteiger partial charge in [-0.3, -0.25) is 14.6 Å². The molecule has 1 aromatic rings. The first-order valence-corrected chi connectivity index (χ1v) is 7.47. The summed E-state index contributed by atoms with van der Waals surface area (Å²) in [6.45, 7) is 4.21. The zero-order valence-corrected chi connectivity index (χ0v) is 12.7. The Morgan fingerprint density at radius 2 is 2.18 bits per heavy atom. The molecule has 1 aliphatic carbocycles. The number of carbonyl (C=O) groups is 2. The van der Waals surface area contributed by atoms with Crippen LogP contribution in [0.2, 0.25) is 0 Å². The standard InChI is InChI=1S/C16H20N2O4/c1-16(2)11(12(16)15(20)21)14(19)18-10-5-7-22-13(10)9-4-3-6-17-8-9/h3-4,6,8,10-13H,5,7H2,1-2H3,(H,18,19)(H,20,21)/t10-,11+,12-,13+/m0/s1. The molecule has 1 saturated heterocycles. The Balaban J connectivity index is 1.68. The molecule has 1 saturated carbocycles. The highest BCUT2D eigenvalue weighted by molar-refractivity contribution is 5.91. The molecule has 1 aliphatic heterocycles. The van der Waals surface area contributed by atoms with Crippen LogP contribution in [-0.4, -0.2) is 34.6 Å². The Morgan fingerprint density at radius 3 is 2.77 bits per heavy atom. The number of carboxylic acids is 1. The van der Waals surface area contributed by atoms with Gasteiger partial charge in [0.15, 0.2) is 0 Å². The average Bonchev–Trinajstić information content (AvgIpc) is 2.82. The van der Waals surface area contributed by atoms with Gasteiger partial charge in [0.1, 0.15) is 6.10 Å². The first-order chi connectivity index (χ1) is 10.4. The van der Waals surface area contributed by atoms with Gasteiger partial charge in [-0.2, -0.15) is 0 Å². The van der Waals surface area contributed by atoms with E-state index in [0.717, 1.165) is 12.0 Å². The Hall–Kier alpha value is -1.95. The molecular weight excluding hydrogens is 284 g/mol. The smallest absolute Gasteiger partial charge is 0.307 e. The number of ether oxygens (including phenoxy) is 1. The van der Waals surface area contributed by atoms with Crippen LogP contribution in [-0.2, 0) is 14.3 Å². The number of nitrogens with zero attached hydrogens (tertiary/aromatic N) is 1. The summed E-state index contributed by atoms with van der Waals surface area (Å²) in [7, 11) is 0. The third-order valence-corrected chi connectivity index (χ3v) is 4.81. The predicted molar refractivity (Wildman–Crippen MR) is 77.9 cm³/mol. The molecule has 0 unspecified atom stereocenters. The minimum Gasteiger partial charge on any atom is -0.481 e. The number of rotatable bonds is 4. The predicted octanol–water partition coefficient (Wildman–Crippen LogP) is 1.38. The summed E-state index contributed by atoms with van der Waals surface area (Å²) in [5, 5.41) is 12.2. The van der Waals surface area contributed by atoms with Gasteiger partial charge >= 0.3 is 5.97 Å². The number of aliphatic carboxylic acids is 1. The van der Waals surface area contributed by atoms with Crippen molar-refractivity contribution in [3.8, 4) is 0 Å². The number of carboxylic acid groups (broad SMARTS) is 1. The third-order valence-electron chi connectivity index (χ3n) is 4.81. The van der Waals surface area contributed by atoms with E-state index in [9.17, 15) is 14.7 Å². The van der Waals surface area contributed by atoms with E-state index in [1.807, 2.05) is 26.0 Å². The van der Waals surface area contributed by atoms with E-state index >= 15 is 0 Å². The molecular formula is C16H20N2O4. The molecule has 2 fully saturated rings. The number of hydrogen-bond acceptors (Lipinski definition) is 4. The largest absolute Gasteiger partial charge is 0.481 e. The summed E-state index contributed by atoms with van der Waals surface area (Å²) in [5.74, 6) is -2.18. The highest BCUT2D eigenvalue weighted by Crippen LogP contribution is 2.58. The van der Waals surface area contributed by atoms with Gasteiger partial charge in [0.2, 0.25) is 5.91 Å². The first kappa shape index (κ1) is 15.0. The van der Waals surface area contributed by atoms with Crippen molar-refractivity contribution in [1.82, 2.24) is 10.3 Å². The molecule has 1 amide bonds. The molecule has 4 atom stereocenters. The van der Waals surface area contributed by atoms with Gasteiger partial charge in [-0.05, 0) is 17.9 Å². The fraction of sp³-hybridized carbons (Fsp3) is 0.562. The minimum atomic E-state index is -0.906. The van der Waals surface area contributed by atoms with E-state index in [2.05, 4.69) is 10.3 Å². The van der Waals surface area contributed by atoms with Crippen LogP contribution in [0.15, 0.2) is 24.5 Å². The van der Waals surface area contributed by atoms with Crippen molar-refractivity contribution >= 4 is 11.9 Å². The van der Waals surface area contributed by atoms with E-state index in [4.69, 9.17) is 4.74 Å². The fourth-order valence-corrected chi connectivity index (χ4v) is 3.47. The van der Waals surface area contributed by atoms with Gasteiger partial charge in [-0.25, -0.2) is 0 Å². The lowest BCUT2D eigenvalue weighted by molar-refractivity contribution is -0.140. The van der Waals surface area contributed by atoms with Crippen molar-refractivity contribution in [3.63, 3.8) is 0 Å². The molecule has 118 valence electrons. The molecule has 22 heavy (non-hydrogen) atoms. The summed E-state index contributed by atoms with van der Waals surface area (Å²) in [4.78, 5) is 27.7. The topological polar surface area (TPSA) is 88.5 Å². The fourth-order valence-electron chi connectivity index (χ4n) is 3.47. The SMILES string of the molecule is CC1(C)[C@H](C(=O)O)[C@@H]1C(=O)N[C@H]1CCO[C@@H]1c1cccnc1. The van der Waals surface area contributed by atoms with Gasteiger partial charge in [0, 0.05) is 24.6 Å². The summed E-state index contributed by atoms with van der Waals surface area (Å²) in [6.07, 6.45) is 3.92. The van der Waals surface area contributed by atoms with E-state index in [0.29, 0.717) is 6.61 Å². The van der Waals surface area contributed by atoms with Crippen molar-refractivity contribution < 1.29 is 19.4 Å². The van der Waals surface area contributed by atoms with Gasteiger partial charge in [-0.15, -0.1) is 0 Å². The van der Waals surface area contributed by atoms with Gasteiger partial charge in [-0.1, -0.05) is 19.9 Å². The monoisotopic (exact) mass is 304 g/mol. The van der Waals surface area contributed by atoms with Crippen molar-refractivity contribution in [1.29, 1.82) is 0 Å². The summed E-state index contributed by atoms with van der Waals surface area (Å²) < 4.78 is 5.71. The van der Waals surface area contributed by atoms with E-state index in [1.54, 1.807) is 12.4 Å². The highest BCUT2D eigenvalue weighted by Gasteiger charge is 2.66. The molecule has 6 heteroatoms. The Bertz CT molecular complexity index is 587. The van der Waals surface area contributed by atoms with Crippen LogP contribution in [0.25, 0.3) is 0 Å². The first-order valence-electron chi connectivity index (χ1n) is 7.47. The third kappa shape index (κ3) is 2.47. The molecule has 2 aliphatic rings. The quantitative estimate of drug-likeness (QED) is 0.877. The van der Waals surface area contributed by atoms with Crippen molar-refractivity contribution in [2.24, 2.45) is 17.3 Å². The van der Waals surface area contributed by atoms with E-state index in [1.165, 1.54) is 0 Å². The molecule has 2 N–H and O–H groups in total. The number of carbonyl (C=O) groups excluding carboxylic acids is 1. The highest BCUT2D eigenvalue weighted by atomic mass is 16.5. The lowest BCUT2D eigenvalue weighted by Gasteiger charge is -2.20. The molecule has 6 nitrogen and oxygen atoms in total. The van der Waals surface area contributed by atoms with Crippen LogP contribution in [0, 0.1) is 17.3 Å². The zero-order valence-electron chi connectivity index (χ0n) is 12.7. The zero-order chi connectivity index (χ0) is 15.9. The summed E-state index contributed by atoms with van der Waals surface area (Å²) in [5.41, 5.74) is 0.439. The van der Waals surface area contributed by atoms with Gasteiger partial charge < -0.3 is 15.2 Å². The Kier molecular flexibility index (Phi) is 3.64. The van der Waals surface area contributed by atoms with Crippen molar-refractivity contribution in [2.45, 2.75) is 32.4 Å². The molecule has 0 aromatic carbocycles. The number of amides is 1. The molecule has 0 radical (unpaired) electrons. The van der Waals surface area contributed by atoms with Gasteiger partial charge in [0.25, 0.3) is 0 Å². The second kappa shape index (κ2) is 5.35. The van der Waals surface area contributed by atoms with Crippen molar-refractivity contribution in [2.75, 3.05) is 6.61 Å². The molecule has 3 rings (SSSR count). The number of pyridine rings is 1. The van der Waals surface area contributed by atoms with Gasteiger partial charge in [0.05, 0.1) is 17.9 Å². The van der Waals surface area contributed by atoms with E-state index < -0.39 is 23.2 Å². The maximum absolute atomic E-state index is 12.4. The lowest BCUT2D eigenvalue weighted by atomic mass is 10.0. The van der Waals surface area contributed by atoms with Crippen LogP contribution >= 0.6 is 0 Å². The number of hydrogen-bond donors (Lipinski definition) is 2. The van der Waals surface area contributed by atoms with Crippen LogP contribution in [0.5, 0.6) is 0 Å². The normalized spacial score (nSPS) is 32.5. The number of aromatic nitrogens is 1. The Labute approximate surface area is 128 Å². The van der Waals surface area contributed by atoms with Crippen LogP contribution in [0.4, 0.5) is 0 Å². The molecule has 0 bridgehead atoms.